The van der Waals surface area contributed by atoms with E-state index in [9.17, 15) is 4.79 Å². The van der Waals surface area contributed by atoms with Crippen molar-refractivity contribution in [2.75, 3.05) is 6.54 Å². The molecule has 0 aliphatic carbocycles. The summed E-state index contributed by atoms with van der Waals surface area (Å²) in [5, 5.41) is 0.850. The summed E-state index contributed by atoms with van der Waals surface area (Å²) in [5.74, 6) is 1.28. The van der Waals surface area contributed by atoms with Gasteiger partial charge in [-0.1, -0.05) is 35.3 Å². The lowest BCUT2D eigenvalue weighted by Gasteiger charge is -2.26. The third kappa shape index (κ3) is 3.62. The van der Waals surface area contributed by atoms with E-state index in [1.165, 1.54) is 0 Å². The minimum Gasteiger partial charge on any atom is -0.481 e. The summed E-state index contributed by atoms with van der Waals surface area (Å²) in [4.78, 5) is 22.9. The van der Waals surface area contributed by atoms with Gasteiger partial charge in [0, 0.05) is 12.6 Å². The third-order valence-electron chi connectivity index (χ3n) is 4.81. The molecule has 1 saturated heterocycles. The Kier molecular flexibility index (Phi) is 4.98. The van der Waals surface area contributed by atoms with Crippen LogP contribution in [0.1, 0.15) is 31.6 Å². The minimum atomic E-state index is -0.632. The Morgan fingerprint density at radius 1 is 1.26 bits per heavy atom. The molecular formula is C20H19Cl2N3O2. The lowest BCUT2D eigenvalue weighted by atomic mass is 10.2. The number of ether oxygens (including phenoxy) is 1. The average molecular weight is 404 g/mol. The maximum Gasteiger partial charge on any atom is 0.263 e. The number of aromatic nitrogens is 2. The maximum atomic E-state index is 13.0. The van der Waals surface area contributed by atoms with Crippen LogP contribution in [0.2, 0.25) is 10.0 Å². The molecule has 0 spiro atoms. The molecule has 1 N–H and O–H groups in total. The number of fused-ring (bicyclic) bond motifs is 1. The smallest absolute Gasteiger partial charge is 0.263 e. The van der Waals surface area contributed by atoms with Gasteiger partial charge in [0.05, 0.1) is 27.1 Å². The van der Waals surface area contributed by atoms with Crippen LogP contribution in [0.3, 0.4) is 0 Å². The number of carbonyl (C=O) groups is 1. The van der Waals surface area contributed by atoms with Crippen molar-refractivity contribution in [1.29, 1.82) is 0 Å². The number of H-pyrrole nitrogens is 1. The van der Waals surface area contributed by atoms with Crippen LogP contribution in [-0.2, 0) is 4.79 Å². The summed E-state index contributed by atoms with van der Waals surface area (Å²) in [5.41, 5.74) is 1.89. The number of aromatic amines is 1. The molecule has 2 aromatic carbocycles. The first-order chi connectivity index (χ1) is 13.0. The van der Waals surface area contributed by atoms with E-state index >= 15 is 0 Å². The quantitative estimate of drug-likeness (QED) is 0.666. The molecule has 140 valence electrons. The first-order valence-corrected chi connectivity index (χ1v) is 9.65. The number of amides is 1. The molecule has 0 radical (unpaired) electrons. The SMILES string of the molecule is CC(Oc1ccc(Cl)c(Cl)c1)C(=O)N1CCCC1c1nc2ccccc2[nH]1. The highest BCUT2D eigenvalue weighted by molar-refractivity contribution is 6.42. The number of nitrogens with one attached hydrogen (secondary N) is 1. The minimum absolute atomic E-state index is 0.0650. The number of likely N-dealkylation sites (tertiary alicyclic amines) is 1. The van der Waals surface area contributed by atoms with Crippen LogP contribution in [0.15, 0.2) is 42.5 Å². The number of rotatable bonds is 4. The van der Waals surface area contributed by atoms with E-state index in [0.29, 0.717) is 22.3 Å². The Bertz CT molecular complexity index is 955. The monoisotopic (exact) mass is 403 g/mol. The summed E-state index contributed by atoms with van der Waals surface area (Å²) in [7, 11) is 0. The first kappa shape index (κ1) is 18.1. The fraction of sp³-hybridized carbons (Fsp3) is 0.300. The predicted octanol–water partition coefficient (Wildman–Crippen LogP) is 5.00. The molecule has 2 unspecified atom stereocenters. The lowest BCUT2D eigenvalue weighted by molar-refractivity contribution is -0.139. The van der Waals surface area contributed by atoms with Gasteiger partial charge in [0.15, 0.2) is 6.10 Å². The zero-order chi connectivity index (χ0) is 19.0. The standard InChI is InChI=1S/C20H19Cl2N3O2/c1-12(27-13-8-9-14(21)15(22)11-13)20(26)25-10-4-7-18(25)19-23-16-5-2-3-6-17(16)24-19/h2-3,5-6,8-9,11-12,18H,4,7,10H2,1H3,(H,23,24). The van der Waals surface area contributed by atoms with Crippen LogP contribution in [0.4, 0.5) is 0 Å². The summed E-state index contributed by atoms with van der Waals surface area (Å²) < 4.78 is 5.80. The first-order valence-electron chi connectivity index (χ1n) is 8.90. The van der Waals surface area contributed by atoms with E-state index in [-0.39, 0.29) is 11.9 Å². The number of nitrogens with zero attached hydrogens (tertiary/aromatic N) is 2. The highest BCUT2D eigenvalue weighted by atomic mass is 35.5. The average Bonchev–Trinajstić information content (AvgIpc) is 3.30. The van der Waals surface area contributed by atoms with Crippen LogP contribution in [-0.4, -0.2) is 33.4 Å². The normalized spacial score (nSPS) is 18.0. The fourth-order valence-electron chi connectivity index (χ4n) is 3.48. The van der Waals surface area contributed by atoms with Gasteiger partial charge in [-0.3, -0.25) is 4.79 Å². The van der Waals surface area contributed by atoms with Gasteiger partial charge in [0.2, 0.25) is 0 Å². The number of hydrogen-bond donors (Lipinski definition) is 1. The van der Waals surface area contributed by atoms with Gasteiger partial charge in [-0.15, -0.1) is 0 Å². The van der Waals surface area contributed by atoms with Gasteiger partial charge in [0.25, 0.3) is 5.91 Å². The number of para-hydroxylation sites is 2. The molecule has 5 nitrogen and oxygen atoms in total. The van der Waals surface area contributed by atoms with Crippen LogP contribution in [0.25, 0.3) is 11.0 Å². The number of hydrogen-bond acceptors (Lipinski definition) is 3. The highest BCUT2D eigenvalue weighted by Gasteiger charge is 2.35. The van der Waals surface area contributed by atoms with Gasteiger partial charge in [-0.25, -0.2) is 4.98 Å². The van der Waals surface area contributed by atoms with Gasteiger partial charge in [-0.05, 0) is 44.0 Å². The Balaban J connectivity index is 1.51. The van der Waals surface area contributed by atoms with Crippen molar-refractivity contribution in [3.8, 4) is 5.75 Å². The molecular weight excluding hydrogens is 385 g/mol. The second-order valence-corrected chi connectivity index (χ2v) is 7.48. The van der Waals surface area contributed by atoms with Gasteiger partial charge < -0.3 is 14.6 Å². The van der Waals surface area contributed by atoms with E-state index in [1.54, 1.807) is 25.1 Å². The Labute approximate surface area is 167 Å². The van der Waals surface area contributed by atoms with Crippen molar-refractivity contribution in [3.63, 3.8) is 0 Å². The van der Waals surface area contributed by atoms with Crippen molar-refractivity contribution < 1.29 is 9.53 Å². The Hall–Kier alpha value is -2.24. The maximum absolute atomic E-state index is 13.0. The lowest BCUT2D eigenvalue weighted by Crippen LogP contribution is -2.40. The molecule has 1 aliphatic rings. The highest BCUT2D eigenvalue weighted by Crippen LogP contribution is 2.33. The van der Waals surface area contributed by atoms with Crippen molar-refractivity contribution in [3.05, 3.63) is 58.3 Å². The fourth-order valence-corrected chi connectivity index (χ4v) is 3.77. The summed E-state index contributed by atoms with van der Waals surface area (Å²) in [6.45, 7) is 2.44. The van der Waals surface area contributed by atoms with E-state index in [4.69, 9.17) is 27.9 Å². The number of halogens is 2. The number of benzene rings is 2. The molecule has 27 heavy (non-hydrogen) atoms. The van der Waals surface area contributed by atoms with Crippen molar-refractivity contribution in [1.82, 2.24) is 14.9 Å². The predicted molar refractivity (Wildman–Crippen MR) is 106 cm³/mol. The molecule has 1 amide bonds. The van der Waals surface area contributed by atoms with Crippen LogP contribution in [0, 0.1) is 0 Å². The summed E-state index contributed by atoms with van der Waals surface area (Å²) in [6, 6.07) is 12.8. The van der Waals surface area contributed by atoms with Crippen LogP contribution in [0.5, 0.6) is 5.75 Å². The molecule has 1 fully saturated rings. The molecule has 2 heterocycles. The summed E-state index contributed by atoms with van der Waals surface area (Å²) >= 11 is 12.0. The largest absolute Gasteiger partial charge is 0.481 e. The van der Waals surface area contributed by atoms with Gasteiger partial charge in [-0.2, -0.15) is 0 Å². The molecule has 4 rings (SSSR count). The van der Waals surface area contributed by atoms with E-state index in [0.717, 1.165) is 29.7 Å². The molecule has 3 aromatic rings. The zero-order valence-corrected chi connectivity index (χ0v) is 16.3. The second-order valence-electron chi connectivity index (χ2n) is 6.66. The molecule has 1 aromatic heterocycles. The molecule has 7 heteroatoms. The van der Waals surface area contributed by atoms with Crippen molar-refractivity contribution in [2.24, 2.45) is 0 Å². The number of carbonyl (C=O) groups excluding carboxylic acids is 1. The molecule has 2 atom stereocenters. The number of imidazole rings is 1. The Morgan fingerprint density at radius 3 is 2.85 bits per heavy atom. The van der Waals surface area contributed by atoms with E-state index in [1.807, 2.05) is 29.2 Å². The molecule has 0 saturated carbocycles. The third-order valence-corrected chi connectivity index (χ3v) is 5.55. The zero-order valence-electron chi connectivity index (χ0n) is 14.8. The van der Waals surface area contributed by atoms with Gasteiger partial charge >= 0.3 is 0 Å². The van der Waals surface area contributed by atoms with Gasteiger partial charge in [0.1, 0.15) is 11.6 Å². The van der Waals surface area contributed by atoms with E-state index < -0.39 is 6.10 Å². The Morgan fingerprint density at radius 2 is 2.07 bits per heavy atom. The second kappa shape index (κ2) is 7.41. The van der Waals surface area contributed by atoms with Crippen molar-refractivity contribution >= 4 is 40.1 Å². The molecule has 0 bridgehead atoms. The van der Waals surface area contributed by atoms with Crippen LogP contribution >= 0.6 is 23.2 Å². The van der Waals surface area contributed by atoms with Crippen molar-refractivity contribution in [2.45, 2.75) is 31.9 Å². The summed E-state index contributed by atoms with van der Waals surface area (Å²) in [6.07, 6.45) is 1.19. The van der Waals surface area contributed by atoms with Crippen LogP contribution < -0.4 is 4.74 Å². The topological polar surface area (TPSA) is 58.2 Å². The van der Waals surface area contributed by atoms with E-state index in [2.05, 4.69) is 9.97 Å². The molecule has 1 aliphatic heterocycles.